The van der Waals surface area contributed by atoms with Gasteiger partial charge in [-0.05, 0) is 0 Å². The molecule has 0 bridgehead atoms. The van der Waals surface area contributed by atoms with Crippen LogP contribution in [0, 0.1) is 0 Å². The van der Waals surface area contributed by atoms with E-state index in [4.69, 9.17) is 0 Å². The number of nitrogens with one attached hydrogen (secondary N) is 1. The average molecular weight is 184 g/mol. The maximum Gasteiger partial charge on any atom is 0.413 e. The molecule has 0 aliphatic carbocycles. The minimum atomic E-state index is -4.23. The molecule has 3 nitrogen and oxygen atoms in total. The van der Waals surface area contributed by atoms with E-state index < -0.39 is 12.8 Å². The van der Waals surface area contributed by atoms with Gasteiger partial charge >= 0.3 is 6.18 Å². The lowest BCUT2D eigenvalue weighted by Crippen LogP contribution is -2.44. The van der Waals surface area contributed by atoms with Gasteiger partial charge in [-0.15, -0.1) is 0 Å². The zero-order valence-corrected chi connectivity index (χ0v) is 6.52. The summed E-state index contributed by atoms with van der Waals surface area (Å²) in [7, 11) is 0. The number of piperazine rings is 1. The van der Waals surface area contributed by atoms with Gasteiger partial charge < -0.3 is 5.32 Å². The summed E-state index contributed by atoms with van der Waals surface area (Å²) in [5.41, 5.74) is 0. The Morgan fingerprint density at radius 3 is 2.33 bits per heavy atom. The highest BCUT2D eigenvalue weighted by Crippen LogP contribution is 2.15. The standard InChI is InChI=1S/C6H11F3N2O/c7-6(8,9)5-12-11-3-1-10-2-4-11/h10H,1-5H2. The molecule has 1 aliphatic rings. The van der Waals surface area contributed by atoms with Gasteiger partial charge in [0.2, 0.25) is 0 Å². The first-order chi connectivity index (χ1) is 5.58. The number of halogens is 3. The highest BCUT2D eigenvalue weighted by Gasteiger charge is 2.29. The summed E-state index contributed by atoms with van der Waals surface area (Å²) in [6, 6.07) is 0. The molecule has 1 heterocycles. The Balaban J connectivity index is 2.13. The second-order valence-corrected chi connectivity index (χ2v) is 2.57. The van der Waals surface area contributed by atoms with E-state index in [-0.39, 0.29) is 0 Å². The van der Waals surface area contributed by atoms with Crippen molar-refractivity contribution in [2.75, 3.05) is 32.8 Å². The van der Waals surface area contributed by atoms with Gasteiger partial charge in [0.1, 0.15) is 0 Å². The topological polar surface area (TPSA) is 24.5 Å². The van der Waals surface area contributed by atoms with Crippen molar-refractivity contribution in [1.82, 2.24) is 10.4 Å². The number of hydrogen-bond acceptors (Lipinski definition) is 3. The molecule has 1 aliphatic heterocycles. The Hall–Kier alpha value is -0.330. The highest BCUT2D eigenvalue weighted by atomic mass is 19.4. The first kappa shape index (κ1) is 9.76. The summed E-state index contributed by atoms with van der Waals surface area (Å²) < 4.78 is 34.9. The van der Waals surface area contributed by atoms with Gasteiger partial charge in [-0.25, -0.2) is 0 Å². The largest absolute Gasteiger partial charge is 0.413 e. The second-order valence-electron chi connectivity index (χ2n) is 2.57. The molecule has 0 aromatic carbocycles. The zero-order chi connectivity index (χ0) is 9.03. The highest BCUT2D eigenvalue weighted by molar-refractivity contribution is 4.60. The van der Waals surface area contributed by atoms with E-state index in [9.17, 15) is 13.2 Å². The van der Waals surface area contributed by atoms with E-state index in [0.717, 1.165) is 0 Å². The van der Waals surface area contributed by atoms with Crippen LogP contribution in [0.15, 0.2) is 0 Å². The molecule has 0 unspecified atom stereocenters. The van der Waals surface area contributed by atoms with E-state index in [2.05, 4.69) is 10.2 Å². The fourth-order valence-electron chi connectivity index (χ4n) is 0.938. The minimum Gasteiger partial charge on any atom is -0.314 e. The van der Waals surface area contributed by atoms with Crippen LogP contribution in [0.4, 0.5) is 13.2 Å². The van der Waals surface area contributed by atoms with Crippen LogP contribution in [-0.2, 0) is 4.84 Å². The van der Waals surface area contributed by atoms with Crippen LogP contribution in [0.3, 0.4) is 0 Å². The van der Waals surface area contributed by atoms with Crippen molar-refractivity contribution in [3.8, 4) is 0 Å². The predicted molar refractivity (Wildman–Crippen MR) is 36.4 cm³/mol. The molecular weight excluding hydrogens is 173 g/mol. The summed E-state index contributed by atoms with van der Waals surface area (Å²) in [6.07, 6.45) is -4.23. The van der Waals surface area contributed by atoms with E-state index in [1.807, 2.05) is 0 Å². The first-order valence-corrected chi connectivity index (χ1v) is 3.73. The number of hydroxylamine groups is 2. The lowest BCUT2D eigenvalue weighted by atomic mass is 10.4. The van der Waals surface area contributed by atoms with Gasteiger partial charge in [-0.2, -0.15) is 18.2 Å². The van der Waals surface area contributed by atoms with Gasteiger partial charge in [0.25, 0.3) is 0 Å². The fourth-order valence-corrected chi connectivity index (χ4v) is 0.938. The van der Waals surface area contributed by atoms with Crippen molar-refractivity contribution >= 4 is 0 Å². The molecular formula is C6H11F3N2O. The molecule has 0 amide bonds. The Morgan fingerprint density at radius 1 is 1.25 bits per heavy atom. The second kappa shape index (κ2) is 4.06. The van der Waals surface area contributed by atoms with Crippen molar-refractivity contribution in [3.05, 3.63) is 0 Å². The molecule has 12 heavy (non-hydrogen) atoms. The average Bonchev–Trinajstić information content (AvgIpc) is 2.02. The Labute approximate surface area is 68.4 Å². The minimum absolute atomic E-state index is 0.510. The molecule has 0 saturated carbocycles. The van der Waals surface area contributed by atoms with E-state index in [0.29, 0.717) is 26.2 Å². The van der Waals surface area contributed by atoms with Crippen LogP contribution < -0.4 is 5.32 Å². The molecule has 0 spiro atoms. The van der Waals surface area contributed by atoms with Gasteiger partial charge in [-0.1, -0.05) is 0 Å². The fraction of sp³-hybridized carbons (Fsp3) is 1.00. The third-order valence-corrected chi connectivity index (χ3v) is 1.49. The lowest BCUT2D eigenvalue weighted by Gasteiger charge is -2.26. The Morgan fingerprint density at radius 2 is 1.83 bits per heavy atom. The molecule has 72 valence electrons. The third kappa shape index (κ3) is 3.89. The number of hydrogen-bond donors (Lipinski definition) is 1. The van der Waals surface area contributed by atoms with E-state index in [1.165, 1.54) is 5.06 Å². The summed E-state index contributed by atoms with van der Waals surface area (Å²) >= 11 is 0. The van der Waals surface area contributed by atoms with Gasteiger partial charge in [0.15, 0.2) is 6.61 Å². The van der Waals surface area contributed by atoms with Crippen molar-refractivity contribution < 1.29 is 18.0 Å². The zero-order valence-electron chi connectivity index (χ0n) is 6.52. The predicted octanol–water partition coefficient (Wildman–Crippen LogP) is 0.385. The quantitative estimate of drug-likeness (QED) is 0.671. The van der Waals surface area contributed by atoms with Crippen molar-refractivity contribution in [3.63, 3.8) is 0 Å². The SMILES string of the molecule is FC(F)(F)CON1CCNCC1. The van der Waals surface area contributed by atoms with Gasteiger partial charge in [0, 0.05) is 26.2 Å². The summed E-state index contributed by atoms with van der Waals surface area (Å²) in [5, 5.41) is 4.35. The van der Waals surface area contributed by atoms with Crippen LogP contribution in [0.25, 0.3) is 0 Å². The summed E-state index contributed by atoms with van der Waals surface area (Å²) in [5.74, 6) is 0. The molecule has 0 radical (unpaired) electrons. The number of nitrogens with zero attached hydrogens (tertiary/aromatic N) is 1. The van der Waals surface area contributed by atoms with Crippen LogP contribution in [0.2, 0.25) is 0 Å². The molecule has 0 aromatic heterocycles. The van der Waals surface area contributed by atoms with E-state index in [1.54, 1.807) is 0 Å². The van der Waals surface area contributed by atoms with Gasteiger partial charge in [-0.3, -0.25) is 4.84 Å². The van der Waals surface area contributed by atoms with E-state index >= 15 is 0 Å². The Bertz CT molecular complexity index is 133. The monoisotopic (exact) mass is 184 g/mol. The smallest absolute Gasteiger partial charge is 0.314 e. The number of rotatable bonds is 2. The third-order valence-electron chi connectivity index (χ3n) is 1.49. The van der Waals surface area contributed by atoms with Crippen LogP contribution in [0.5, 0.6) is 0 Å². The van der Waals surface area contributed by atoms with Crippen molar-refractivity contribution in [2.45, 2.75) is 6.18 Å². The number of alkyl halides is 3. The summed E-state index contributed by atoms with van der Waals surface area (Å²) in [4.78, 5) is 4.52. The van der Waals surface area contributed by atoms with Crippen LogP contribution in [-0.4, -0.2) is 44.0 Å². The van der Waals surface area contributed by atoms with Gasteiger partial charge in [0.05, 0.1) is 0 Å². The maximum absolute atomic E-state index is 11.6. The first-order valence-electron chi connectivity index (χ1n) is 3.73. The van der Waals surface area contributed by atoms with Crippen molar-refractivity contribution in [2.24, 2.45) is 0 Å². The Kier molecular flexibility index (Phi) is 3.30. The maximum atomic E-state index is 11.6. The van der Waals surface area contributed by atoms with Crippen molar-refractivity contribution in [1.29, 1.82) is 0 Å². The molecule has 1 N–H and O–H groups in total. The molecule has 6 heteroatoms. The molecule has 0 atom stereocenters. The normalized spacial score (nSPS) is 21.2. The molecule has 0 aromatic rings. The molecule has 1 saturated heterocycles. The molecule has 1 rings (SSSR count). The summed E-state index contributed by atoms with van der Waals surface area (Å²) in [6.45, 7) is 1.19. The van der Waals surface area contributed by atoms with Crippen LogP contribution >= 0.6 is 0 Å². The molecule has 1 fully saturated rings. The van der Waals surface area contributed by atoms with Crippen LogP contribution in [0.1, 0.15) is 0 Å². The lowest BCUT2D eigenvalue weighted by molar-refractivity contribution is -0.254.